The Hall–Kier alpha value is -1.50. The summed E-state index contributed by atoms with van der Waals surface area (Å²) in [6.45, 7) is 7.42. The number of rotatable bonds is 3. The van der Waals surface area contributed by atoms with E-state index in [0.29, 0.717) is 5.76 Å². The molecule has 0 amide bonds. The summed E-state index contributed by atoms with van der Waals surface area (Å²) >= 11 is 0. The lowest BCUT2D eigenvalue weighted by Crippen LogP contribution is -1.84. The van der Waals surface area contributed by atoms with Crippen LogP contribution in [0, 0.1) is 0 Å². The summed E-state index contributed by atoms with van der Waals surface area (Å²) in [4.78, 5) is 0. The summed E-state index contributed by atoms with van der Waals surface area (Å²) in [6, 6.07) is 7.88. The Kier molecular flexibility index (Phi) is 2.70. The second-order valence-corrected chi connectivity index (χ2v) is 2.45. The highest BCUT2D eigenvalue weighted by molar-refractivity contribution is 5.59. The van der Waals surface area contributed by atoms with E-state index in [-0.39, 0.29) is 0 Å². The van der Waals surface area contributed by atoms with Crippen molar-refractivity contribution in [2.75, 3.05) is 7.11 Å². The van der Waals surface area contributed by atoms with E-state index in [1.165, 1.54) is 0 Å². The molecule has 0 aliphatic carbocycles. The van der Waals surface area contributed by atoms with Gasteiger partial charge in [0, 0.05) is 5.56 Å². The summed E-state index contributed by atoms with van der Waals surface area (Å²) in [5.74, 6) is 0.686. The molecule has 1 aromatic carbocycles. The summed E-state index contributed by atoms with van der Waals surface area (Å²) in [5.41, 5.74) is 2.10. The Labute approximate surface area is 73.0 Å². The van der Waals surface area contributed by atoms with Crippen LogP contribution in [0.3, 0.4) is 0 Å². The van der Waals surface area contributed by atoms with E-state index < -0.39 is 0 Å². The molecule has 1 heteroatoms. The predicted octanol–water partition coefficient (Wildman–Crippen LogP) is 2.95. The van der Waals surface area contributed by atoms with Crippen LogP contribution in [0.15, 0.2) is 37.4 Å². The second-order valence-electron chi connectivity index (χ2n) is 2.45. The van der Waals surface area contributed by atoms with Crippen LogP contribution < -0.4 is 0 Å². The second kappa shape index (κ2) is 3.77. The standard InChI is InChI=1S/C11H12O/c1-4-10-5-7-11(8-6-10)9(2)12-3/h4-8H,1-2H2,3H3. The Bertz CT molecular complexity index is 282. The summed E-state index contributed by atoms with van der Waals surface area (Å²) in [5, 5.41) is 0. The van der Waals surface area contributed by atoms with Crippen molar-refractivity contribution >= 4 is 11.8 Å². The molecule has 0 heterocycles. The van der Waals surface area contributed by atoms with Crippen LogP contribution in [0.5, 0.6) is 0 Å². The minimum Gasteiger partial charge on any atom is -0.497 e. The molecule has 0 aliphatic heterocycles. The van der Waals surface area contributed by atoms with Crippen molar-refractivity contribution in [2.45, 2.75) is 0 Å². The third-order valence-electron chi connectivity index (χ3n) is 1.71. The first kappa shape index (κ1) is 8.60. The van der Waals surface area contributed by atoms with Gasteiger partial charge in [-0.25, -0.2) is 0 Å². The lowest BCUT2D eigenvalue weighted by molar-refractivity contribution is 0.371. The third-order valence-corrected chi connectivity index (χ3v) is 1.71. The maximum Gasteiger partial charge on any atom is 0.118 e. The molecule has 0 saturated heterocycles. The largest absolute Gasteiger partial charge is 0.497 e. The fourth-order valence-corrected chi connectivity index (χ4v) is 0.923. The van der Waals surface area contributed by atoms with Gasteiger partial charge in [0.2, 0.25) is 0 Å². The zero-order valence-electron chi connectivity index (χ0n) is 7.21. The quantitative estimate of drug-likeness (QED) is 0.618. The zero-order chi connectivity index (χ0) is 8.97. The average Bonchev–Trinajstić information content (AvgIpc) is 2.17. The van der Waals surface area contributed by atoms with E-state index in [1.54, 1.807) is 13.2 Å². The fraction of sp³-hybridized carbons (Fsp3) is 0.0909. The van der Waals surface area contributed by atoms with Gasteiger partial charge >= 0.3 is 0 Å². The predicted molar refractivity (Wildman–Crippen MR) is 52.6 cm³/mol. The molecular weight excluding hydrogens is 148 g/mol. The van der Waals surface area contributed by atoms with E-state index in [1.807, 2.05) is 24.3 Å². The van der Waals surface area contributed by atoms with Crippen LogP contribution in [0.25, 0.3) is 11.8 Å². The van der Waals surface area contributed by atoms with E-state index in [9.17, 15) is 0 Å². The first-order valence-corrected chi connectivity index (χ1v) is 3.73. The van der Waals surface area contributed by atoms with Crippen molar-refractivity contribution in [1.82, 2.24) is 0 Å². The van der Waals surface area contributed by atoms with Crippen LogP contribution >= 0.6 is 0 Å². The van der Waals surface area contributed by atoms with E-state index in [2.05, 4.69) is 13.2 Å². The van der Waals surface area contributed by atoms with Gasteiger partial charge < -0.3 is 4.74 Å². The molecule has 1 rings (SSSR count). The van der Waals surface area contributed by atoms with Gasteiger partial charge in [0.15, 0.2) is 0 Å². The van der Waals surface area contributed by atoms with Gasteiger partial charge in [-0.1, -0.05) is 43.5 Å². The number of ether oxygens (including phenoxy) is 1. The van der Waals surface area contributed by atoms with Crippen LogP contribution in [-0.2, 0) is 4.74 Å². The maximum atomic E-state index is 4.99. The average molecular weight is 160 g/mol. The Balaban J connectivity index is 2.91. The summed E-state index contributed by atoms with van der Waals surface area (Å²) in [6.07, 6.45) is 1.80. The number of hydrogen-bond acceptors (Lipinski definition) is 1. The molecule has 0 unspecified atom stereocenters. The molecule has 0 spiro atoms. The molecule has 0 radical (unpaired) electrons. The summed E-state index contributed by atoms with van der Waals surface area (Å²) < 4.78 is 4.99. The van der Waals surface area contributed by atoms with Gasteiger partial charge in [-0.2, -0.15) is 0 Å². The topological polar surface area (TPSA) is 9.23 Å². The molecule has 62 valence electrons. The molecule has 0 aromatic heterocycles. The molecule has 0 atom stereocenters. The SMILES string of the molecule is C=Cc1ccc(C(=C)OC)cc1. The molecule has 0 N–H and O–H groups in total. The van der Waals surface area contributed by atoms with Gasteiger partial charge in [0.1, 0.15) is 5.76 Å². The number of benzene rings is 1. The van der Waals surface area contributed by atoms with E-state index in [0.717, 1.165) is 11.1 Å². The fourth-order valence-electron chi connectivity index (χ4n) is 0.923. The molecule has 12 heavy (non-hydrogen) atoms. The third kappa shape index (κ3) is 1.76. The van der Waals surface area contributed by atoms with Crippen LogP contribution in [0.2, 0.25) is 0 Å². The van der Waals surface area contributed by atoms with Gasteiger partial charge in [-0.3, -0.25) is 0 Å². The zero-order valence-corrected chi connectivity index (χ0v) is 7.21. The molecular formula is C11H12O. The normalized spacial score (nSPS) is 9.08. The highest BCUT2D eigenvalue weighted by Crippen LogP contribution is 2.13. The summed E-state index contributed by atoms with van der Waals surface area (Å²) in [7, 11) is 1.61. The highest BCUT2D eigenvalue weighted by Gasteiger charge is 1.95. The van der Waals surface area contributed by atoms with Gasteiger partial charge in [-0.15, -0.1) is 0 Å². The number of hydrogen-bond donors (Lipinski definition) is 0. The molecule has 0 fully saturated rings. The first-order chi connectivity index (χ1) is 5.77. The molecule has 0 aliphatic rings. The Morgan fingerprint density at radius 1 is 1.33 bits per heavy atom. The van der Waals surface area contributed by atoms with Crippen molar-refractivity contribution in [3.63, 3.8) is 0 Å². The minimum atomic E-state index is 0.686. The van der Waals surface area contributed by atoms with E-state index >= 15 is 0 Å². The smallest absolute Gasteiger partial charge is 0.118 e. The maximum absolute atomic E-state index is 4.99. The van der Waals surface area contributed by atoms with Crippen molar-refractivity contribution in [2.24, 2.45) is 0 Å². The van der Waals surface area contributed by atoms with Crippen LogP contribution in [0.1, 0.15) is 11.1 Å². The van der Waals surface area contributed by atoms with E-state index in [4.69, 9.17) is 4.74 Å². The van der Waals surface area contributed by atoms with Crippen molar-refractivity contribution in [1.29, 1.82) is 0 Å². The Morgan fingerprint density at radius 2 is 1.92 bits per heavy atom. The van der Waals surface area contributed by atoms with Crippen molar-refractivity contribution in [3.8, 4) is 0 Å². The molecule has 1 aromatic rings. The monoisotopic (exact) mass is 160 g/mol. The number of methoxy groups -OCH3 is 1. The first-order valence-electron chi connectivity index (χ1n) is 3.73. The Morgan fingerprint density at radius 3 is 2.33 bits per heavy atom. The van der Waals surface area contributed by atoms with Gasteiger partial charge in [-0.05, 0) is 5.56 Å². The molecule has 0 saturated carbocycles. The molecule has 0 bridgehead atoms. The highest BCUT2D eigenvalue weighted by atomic mass is 16.5. The van der Waals surface area contributed by atoms with Gasteiger partial charge in [0.25, 0.3) is 0 Å². The minimum absolute atomic E-state index is 0.686. The van der Waals surface area contributed by atoms with Crippen LogP contribution in [0.4, 0.5) is 0 Å². The molecule has 1 nitrogen and oxygen atoms in total. The van der Waals surface area contributed by atoms with Crippen LogP contribution in [-0.4, -0.2) is 7.11 Å². The lowest BCUT2D eigenvalue weighted by Gasteiger charge is -2.03. The van der Waals surface area contributed by atoms with Crippen molar-refractivity contribution in [3.05, 3.63) is 48.6 Å². The lowest BCUT2D eigenvalue weighted by atomic mass is 10.1. The van der Waals surface area contributed by atoms with Gasteiger partial charge in [0.05, 0.1) is 7.11 Å². The van der Waals surface area contributed by atoms with Crippen molar-refractivity contribution < 1.29 is 4.74 Å².